The Morgan fingerprint density at radius 1 is 1.31 bits per heavy atom. The summed E-state index contributed by atoms with van der Waals surface area (Å²) in [6.45, 7) is 5.61. The van der Waals surface area contributed by atoms with Gasteiger partial charge >= 0.3 is 0 Å². The van der Waals surface area contributed by atoms with Gasteiger partial charge in [0.25, 0.3) is 0 Å². The van der Waals surface area contributed by atoms with Crippen LogP contribution in [0.1, 0.15) is 32.6 Å². The molecule has 1 unspecified atom stereocenters. The van der Waals surface area contributed by atoms with Gasteiger partial charge in [-0.2, -0.15) is 0 Å². The zero-order valence-corrected chi connectivity index (χ0v) is 8.19. The molecule has 13 heavy (non-hydrogen) atoms. The Kier molecular flexibility index (Phi) is 3.25. The topological polar surface area (TPSA) is 42.4 Å². The first-order chi connectivity index (χ1) is 6.09. The highest BCUT2D eigenvalue weighted by Gasteiger charge is 2.02. The number of aliphatic hydroxyl groups is 1. The van der Waals surface area contributed by atoms with Crippen LogP contribution in [0.2, 0.25) is 0 Å². The van der Waals surface area contributed by atoms with Crippen molar-refractivity contribution in [1.29, 1.82) is 0 Å². The van der Waals surface area contributed by atoms with Gasteiger partial charge in [-0.25, -0.2) is 0 Å². The van der Waals surface area contributed by atoms with Crippen LogP contribution in [-0.4, -0.2) is 16.2 Å². The van der Waals surface area contributed by atoms with Crippen molar-refractivity contribution in [2.45, 2.75) is 33.0 Å². The Bertz CT molecular complexity index is 254. The average Bonchev–Trinajstić information content (AvgIpc) is 2.04. The molecular weight excluding hydrogens is 166 g/mol. The second-order valence-electron chi connectivity index (χ2n) is 3.26. The average molecular weight is 181 g/mol. The lowest BCUT2D eigenvalue weighted by Gasteiger charge is -2.09. The highest BCUT2D eigenvalue weighted by molar-refractivity contribution is 5.20. The van der Waals surface area contributed by atoms with Crippen LogP contribution in [0, 0.1) is 0 Å². The zero-order valence-electron chi connectivity index (χ0n) is 8.19. The predicted octanol–water partition coefficient (Wildman–Crippen LogP) is 1.92. The van der Waals surface area contributed by atoms with E-state index in [1.807, 2.05) is 19.9 Å². The number of hydrogen-bond donors (Lipinski definition) is 1. The normalized spacial score (nSPS) is 13.0. The van der Waals surface area contributed by atoms with Crippen molar-refractivity contribution in [2.24, 2.45) is 0 Å². The van der Waals surface area contributed by atoms with E-state index >= 15 is 0 Å². The summed E-state index contributed by atoms with van der Waals surface area (Å²) >= 11 is 0. The van der Waals surface area contributed by atoms with Crippen molar-refractivity contribution in [3.05, 3.63) is 24.0 Å². The van der Waals surface area contributed by atoms with E-state index in [0.29, 0.717) is 5.69 Å². The second kappa shape index (κ2) is 4.23. The second-order valence-corrected chi connectivity index (χ2v) is 3.26. The minimum Gasteiger partial charge on any atom is -0.489 e. The van der Waals surface area contributed by atoms with Gasteiger partial charge in [-0.3, -0.25) is 4.98 Å². The van der Waals surface area contributed by atoms with Crippen molar-refractivity contribution in [3.8, 4) is 5.75 Å². The molecule has 1 atom stereocenters. The fraction of sp³-hybridized carbons (Fsp3) is 0.500. The molecule has 0 aromatic carbocycles. The molecule has 0 bridgehead atoms. The number of nitrogens with zero attached hydrogens (tertiary/aromatic N) is 1. The molecule has 0 aliphatic rings. The lowest BCUT2D eigenvalue weighted by Crippen LogP contribution is -2.06. The van der Waals surface area contributed by atoms with Crippen molar-refractivity contribution in [2.75, 3.05) is 0 Å². The molecule has 72 valence electrons. The van der Waals surface area contributed by atoms with Gasteiger partial charge in [-0.1, -0.05) is 0 Å². The van der Waals surface area contributed by atoms with Gasteiger partial charge in [0.05, 0.1) is 24.1 Å². The number of pyridine rings is 1. The molecule has 0 aliphatic heterocycles. The van der Waals surface area contributed by atoms with E-state index in [9.17, 15) is 5.11 Å². The Balaban J connectivity index is 2.70. The van der Waals surface area contributed by atoms with E-state index in [2.05, 4.69) is 4.98 Å². The van der Waals surface area contributed by atoms with Gasteiger partial charge in [0, 0.05) is 0 Å². The molecule has 0 aliphatic carbocycles. The van der Waals surface area contributed by atoms with E-state index in [1.165, 1.54) is 0 Å². The highest BCUT2D eigenvalue weighted by atomic mass is 16.5. The minimum absolute atomic E-state index is 0.152. The maximum Gasteiger partial charge on any atom is 0.137 e. The molecule has 0 spiro atoms. The summed E-state index contributed by atoms with van der Waals surface area (Å²) in [5.41, 5.74) is 0.663. The molecule has 0 fully saturated rings. The quantitative estimate of drug-likeness (QED) is 0.774. The summed E-state index contributed by atoms with van der Waals surface area (Å²) in [5.74, 6) is 0.736. The number of ether oxygens (including phenoxy) is 1. The first-order valence-electron chi connectivity index (χ1n) is 4.40. The van der Waals surface area contributed by atoms with Crippen LogP contribution < -0.4 is 4.74 Å². The summed E-state index contributed by atoms with van der Waals surface area (Å²) in [6, 6.07) is 3.58. The fourth-order valence-electron chi connectivity index (χ4n) is 0.981. The van der Waals surface area contributed by atoms with Crippen LogP contribution >= 0.6 is 0 Å². The smallest absolute Gasteiger partial charge is 0.137 e. The van der Waals surface area contributed by atoms with E-state index in [-0.39, 0.29) is 6.10 Å². The molecule has 0 saturated heterocycles. The third-order valence-electron chi connectivity index (χ3n) is 1.56. The van der Waals surface area contributed by atoms with Crippen LogP contribution in [0.25, 0.3) is 0 Å². The van der Waals surface area contributed by atoms with Crippen molar-refractivity contribution >= 4 is 0 Å². The first-order valence-corrected chi connectivity index (χ1v) is 4.40. The van der Waals surface area contributed by atoms with Crippen molar-refractivity contribution < 1.29 is 9.84 Å². The first kappa shape index (κ1) is 9.99. The minimum atomic E-state index is -0.520. The van der Waals surface area contributed by atoms with Crippen molar-refractivity contribution in [1.82, 2.24) is 4.98 Å². The van der Waals surface area contributed by atoms with Gasteiger partial charge in [-0.15, -0.1) is 0 Å². The Morgan fingerprint density at radius 3 is 2.38 bits per heavy atom. The van der Waals surface area contributed by atoms with Crippen LogP contribution in [0.4, 0.5) is 0 Å². The van der Waals surface area contributed by atoms with Gasteiger partial charge in [-0.05, 0) is 32.9 Å². The molecule has 0 amide bonds. The molecule has 0 radical (unpaired) electrons. The Hall–Kier alpha value is -1.09. The number of hydrogen-bond acceptors (Lipinski definition) is 3. The van der Waals surface area contributed by atoms with E-state index in [0.717, 1.165) is 5.75 Å². The summed E-state index contributed by atoms with van der Waals surface area (Å²) in [4.78, 5) is 4.06. The molecule has 3 nitrogen and oxygen atoms in total. The number of aliphatic hydroxyl groups excluding tert-OH is 1. The number of rotatable bonds is 3. The molecule has 3 heteroatoms. The molecule has 0 saturated carbocycles. The van der Waals surface area contributed by atoms with E-state index in [4.69, 9.17) is 4.74 Å². The number of aromatic nitrogens is 1. The maximum absolute atomic E-state index is 9.19. The Labute approximate surface area is 78.4 Å². The molecule has 1 aromatic heterocycles. The fourth-order valence-corrected chi connectivity index (χ4v) is 0.981. The van der Waals surface area contributed by atoms with Gasteiger partial charge in [0.15, 0.2) is 0 Å². The lowest BCUT2D eigenvalue weighted by atomic mass is 10.2. The summed E-state index contributed by atoms with van der Waals surface area (Å²) in [6.07, 6.45) is 1.26. The third-order valence-corrected chi connectivity index (χ3v) is 1.56. The largest absolute Gasteiger partial charge is 0.489 e. The van der Waals surface area contributed by atoms with Gasteiger partial charge < -0.3 is 9.84 Å². The lowest BCUT2D eigenvalue weighted by molar-refractivity contribution is 0.193. The monoisotopic (exact) mass is 181 g/mol. The molecule has 1 aromatic rings. The van der Waals surface area contributed by atoms with E-state index in [1.54, 1.807) is 19.2 Å². The van der Waals surface area contributed by atoms with Crippen LogP contribution in [0.15, 0.2) is 18.3 Å². The zero-order chi connectivity index (χ0) is 9.84. The highest BCUT2D eigenvalue weighted by Crippen LogP contribution is 2.14. The molecule has 1 heterocycles. The summed E-state index contributed by atoms with van der Waals surface area (Å²) in [5, 5.41) is 9.19. The van der Waals surface area contributed by atoms with E-state index < -0.39 is 6.10 Å². The van der Waals surface area contributed by atoms with Gasteiger partial charge in [0.1, 0.15) is 5.75 Å². The molecule has 1 N–H and O–H groups in total. The molecule has 1 rings (SSSR count). The summed E-state index contributed by atoms with van der Waals surface area (Å²) < 4.78 is 5.40. The maximum atomic E-state index is 9.19. The Morgan fingerprint density at radius 2 is 2.00 bits per heavy atom. The van der Waals surface area contributed by atoms with Gasteiger partial charge in [0.2, 0.25) is 0 Å². The standard InChI is InChI=1S/C10H15NO2/c1-7(2)13-9-4-5-10(8(3)12)11-6-9/h4-8,12H,1-3H3. The SMILES string of the molecule is CC(C)Oc1ccc(C(C)O)nc1. The van der Waals surface area contributed by atoms with Crippen LogP contribution in [-0.2, 0) is 0 Å². The van der Waals surface area contributed by atoms with Crippen LogP contribution in [0.5, 0.6) is 5.75 Å². The predicted molar refractivity (Wildman–Crippen MR) is 50.6 cm³/mol. The van der Waals surface area contributed by atoms with Crippen molar-refractivity contribution in [3.63, 3.8) is 0 Å². The molecular formula is C10H15NO2. The summed E-state index contributed by atoms with van der Waals surface area (Å²) in [7, 11) is 0. The third kappa shape index (κ3) is 3.03. The van der Waals surface area contributed by atoms with Crippen LogP contribution in [0.3, 0.4) is 0 Å².